The van der Waals surface area contributed by atoms with Crippen LogP contribution in [-0.2, 0) is 26.2 Å². The zero-order valence-electron chi connectivity index (χ0n) is 23.6. The number of benzene rings is 3. The highest BCUT2D eigenvalue weighted by Gasteiger charge is 2.34. The van der Waals surface area contributed by atoms with Gasteiger partial charge in [0.25, 0.3) is 10.0 Å². The number of amides is 2. The van der Waals surface area contributed by atoms with E-state index in [-0.39, 0.29) is 34.5 Å². The van der Waals surface area contributed by atoms with Gasteiger partial charge in [0.05, 0.1) is 20.6 Å². The van der Waals surface area contributed by atoms with Crippen molar-refractivity contribution in [2.75, 3.05) is 10.8 Å². The Bertz CT molecular complexity index is 1490. The summed E-state index contributed by atoms with van der Waals surface area (Å²) >= 11 is 12.3. The van der Waals surface area contributed by atoms with Crippen LogP contribution >= 0.6 is 23.2 Å². The van der Waals surface area contributed by atoms with Crippen LogP contribution in [0.15, 0.2) is 71.6 Å². The van der Waals surface area contributed by atoms with Crippen LogP contribution in [0.1, 0.15) is 45.2 Å². The van der Waals surface area contributed by atoms with E-state index in [1.165, 1.54) is 4.90 Å². The number of hydrogen-bond donors (Lipinski definition) is 1. The van der Waals surface area contributed by atoms with Crippen molar-refractivity contribution in [3.8, 4) is 0 Å². The lowest BCUT2D eigenvalue weighted by molar-refractivity contribution is -0.141. The van der Waals surface area contributed by atoms with E-state index in [2.05, 4.69) is 5.32 Å². The van der Waals surface area contributed by atoms with Crippen LogP contribution in [0.4, 0.5) is 10.1 Å². The van der Waals surface area contributed by atoms with Gasteiger partial charge in [0.1, 0.15) is 18.4 Å². The van der Waals surface area contributed by atoms with Crippen molar-refractivity contribution in [3.05, 3.63) is 93.7 Å². The predicted molar refractivity (Wildman–Crippen MR) is 161 cm³/mol. The number of carbonyl (C=O) groups excluding carboxylic acids is 2. The average Bonchev–Trinajstić information content (AvgIpc) is 2.89. The van der Waals surface area contributed by atoms with E-state index >= 15 is 0 Å². The van der Waals surface area contributed by atoms with Crippen molar-refractivity contribution < 1.29 is 22.4 Å². The Kier molecular flexibility index (Phi) is 10.4. The largest absolute Gasteiger partial charge is 0.350 e. The van der Waals surface area contributed by atoms with Gasteiger partial charge in [-0.3, -0.25) is 13.9 Å². The van der Waals surface area contributed by atoms with E-state index in [0.29, 0.717) is 10.6 Å². The van der Waals surface area contributed by atoms with Crippen molar-refractivity contribution in [3.63, 3.8) is 0 Å². The Morgan fingerprint density at radius 3 is 2.10 bits per heavy atom. The first-order valence-electron chi connectivity index (χ1n) is 13.0. The SMILES string of the molecule is CCC(C(=O)NC(C)(C)C)N(Cc1ccc(Cl)c(Cl)c1)C(=O)CN(c1ccc(C)cc1)S(=O)(=O)c1ccc(F)cc1. The molecule has 0 aliphatic rings. The number of aryl methyl sites for hydroxylation is 1. The van der Waals surface area contributed by atoms with Gasteiger partial charge in [-0.15, -0.1) is 0 Å². The Morgan fingerprint density at radius 1 is 0.951 bits per heavy atom. The summed E-state index contributed by atoms with van der Waals surface area (Å²) in [7, 11) is -4.30. The van der Waals surface area contributed by atoms with Crippen LogP contribution in [0, 0.1) is 12.7 Å². The average molecular weight is 623 g/mol. The van der Waals surface area contributed by atoms with Gasteiger partial charge < -0.3 is 10.2 Å². The molecule has 2 amide bonds. The second kappa shape index (κ2) is 13.2. The minimum Gasteiger partial charge on any atom is -0.350 e. The molecule has 0 aliphatic carbocycles. The maximum Gasteiger partial charge on any atom is 0.264 e. The fourth-order valence-corrected chi connectivity index (χ4v) is 5.92. The fraction of sp³-hybridized carbons (Fsp3) is 0.333. The highest BCUT2D eigenvalue weighted by molar-refractivity contribution is 7.92. The topological polar surface area (TPSA) is 86.8 Å². The Labute approximate surface area is 251 Å². The number of hydrogen-bond acceptors (Lipinski definition) is 4. The quantitative estimate of drug-likeness (QED) is 0.285. The molecule has 0 bridgehead atoms. The molecule has 0 fully saturated rings. The third-order valence-electron chi connectivity index (χ3n) is 6.22. The minimum atomic E-state index is -4.30. The molecule has 7 nitrogen and oxygen atoms in total. The first-order valence-corrected chi connectivity index (χ1v) is 15.2. The number of nitrogens with one attached hydrogen (secondary N) is 1. The van der Waals surface area contributed by atoms with Crippen LogP contribution in [0.25, 0.3) is 0 Å². The first kappa shape index (κ1) is 32.4. The molecule has 1 atom stereocenters. The molecule has 11 heteroatoms. The van der Waals surface area contributed by atoms with E-state index in [9.17, 15) is 22.4 Å². The van der Waals surface area contributed by atoms with Crippen molar-refractivity contribution in [1.29, 1.82) is 0 Å². The summed E-state index contributed by atoms with van der Waals surface area (Å²) in [4.78, 5) is 28.6. The van der Waals surface area contributed by atoms with Crippen molar-refractivity contribution in [2.45, 2.75) is 64.1 Å². The summed E-state index contributed by atoms with van der Waals surface area (Å²) in [5.74, 6) is -1.58. The fourth-order valence-electron chi connectivity index (χ4n) is 4.18. The molecule has 41 heavy (non-hydrogen) atoms. The summed E-state index contributed by atoms with van der Waals surface area (Å²) < 4.78 is 42.2. The lowest BCUT2D eigenvalue weighted by Crippen LogP contribution is -2.55. The van der Waals surface area contributed by atoms with Crippen LogP contribution in [0.3, 0.4) is 0 Å². The summed E-state index contributed by atoms with van der Waals surface area (Å²) in [6, 6.07) is 15.0. The Morgan fingerprint density at radius 2 is 1.56 bits per heavy atom. The predicted octanol–water partition coefficient (Wildman–Crippen LogP) is 6.36. The zero-order valence-corrected chi connectivity index (χ0v) is 25.9. The molecule has 1 N–H and O–H groups in total. The van der Waals surface area contributed by atoms with Gasteiger partial charge in [-0.25, -0.2) is 12.8 Å². The third kappa shape index (κ3) is 8.44. The number of rotatable bonds is 10. The molecule has 0 spiro atoms. The van der Waals surface area contributed by atoms with Gasteiger partial charge >= 0.3 is 0 Å². The van der Waals surface area contributed by atoms with Crippen molar-refractivity contribution >= 4 is 50.7 Å². The van der Waals surface area contributed by atoms with E-state index in [0.717, 1.165) is 34.1 Å². The Balaban J connectivity index is 2.08. The third-order valence-corrected chi connectivity index (χ3v) is 8.75. The molecule has 0 aromatic heterocycles. The molecule has 0 saturated carbocycles. The second-order valence-electron chi connectivity index (χ2n) is 10.7. The molecular weight excluding hydrogens is 588 g/mol. The Hall–Kier alpha value is -3.14. The van der Waals surface area contributed by atoms with Gasteiger partial charge in [0, 0.05) is 12.1 Å². The summed E-state index contributed by atoms with van der Waals surface area (Å²) in [5.41, 5.74) is 1.18. The summed E-state index contributed by atoms with van der Waals surface area (Å²) in [6.45, 7) is 8.49. The van der Waals surface area contributed by atoms with Gasteiger partial charge in [-0.1, -0.05) is 53.9 Å². The van der Waals surface area contributed by atoms with E-state index in [1.807, 2.05) is 27.7 Å². The molecule has 3 rings (SSSR count). The normalized spacial score (nSPS) is 12.5. The monoisotopic (exact) mass is 621 g/mol. The first-order chi connectivity index (χ1) is 19.1. The summed E-state index contributed by atoms with van der Waals surface area (Å²) in [6.07, 6.45) is 0.268. The zero-order chi connectivity index (χ0) is 30.5. The highest BCUT2D eigenvalue weighted by atomic mass is 35.5. The molecule has 3 aromatic rings. The molecule has 0 aliphatic heterocycles. The molecule has 0 saturated heterocycles. The number of sulfonamides is 1. The number of halogens is 3. The van der Waals surface area contributed by atoms with Crippen LogP contribution < -0.4 is 9.62 Å². The van der Waals surface area contributed by atoms with Gasteiger partial charge in [-0.05, 0) is 88.2 Å². The van der Waals surface area contributed by atoms with Crippen LogP contribution in [0.2, 0.25) is 10.0 Å². The van der Waals surface area contributed by atoms with Gasteiger partial charge in [0.15, 0.2) is 0 Å². The van der Waals surface area contributed by atoms with Crippen LogP contribution in [-0.4, -0.2) is 43.3 Å². The number of anilines is 1. The van der Waals surface area contributed by atoms with E-state index in [1.54, 1.807) is 49.4 Å². The van der Waals surface area contributed by atoms with Crippen molar-refractivity contribution in [2.24, 2.45) is 0 Å². The molecule has 0 heterocycles. The van der Waals surface area contributed by atoms with Gasteiger partial charge in [-0.2, -0.15) is 0 Å². The van der Waals surface area contributed by atoms with Gasteiger partial charge in [0.2, 0.25) is 11.8 Å². The standard InChI is InChI=1S/C30H34Cl2FN3O4S/c1-6-27(29(38)34-30(3,4)5)35(18-21-9-16-25(31)26(32)17-21)28(37)19-36(23-12-7-20(2)8-13-23)41(39,40)24-14-10-22(33)11-15-24/h7-17,27H,6,18-19H2,1-5H3,(H,34,38). The van der Waals surface area contributed by atoms with Crippen LogP contribution in [0.5, 0.6) is 0 Å². The number of nitrogens with zero attached hydrogens (tertiary/aromatic N) is 2. The van der Waals surface area contributed by atoms with Crippen molar-refractivity contribution in [1.82, 2.24) is 10.2 Å². The molecular formula is C30H34Cl2FN3O4S. The smallest absolute Gasteiger partial charge is 0.264 e. The lowest BCUT2D eigenvalue weighted by atomic mass is 10.1. The highest BCUT2D eigenvalue weighted by Crippen LogP contribution is 2.27. The number of carbonyl (C=O) groups is 2. The molecule has 220 valence electrons. The molecule has 1 unspecified atom stereocenters. The van der Waals surface area contributed by atoms with E-state index in [4.69, 9.17) is 23.2 Å². The summed E-state index contributed by atoms with van der Waals surface area (Å²) in [5, 5.41) is 3.53. The molecule has 3 aromatic carbocycles. The minimum absolute atomic E-state index is 0.0237. The lowest BCUT2D eigenvalue weighted by Gasteiger charge is -2.34. The maximum atomic E-state index is 14.1. The maximum absolute atomic E-state index is 14.1. The van der Waals surface area contributed by atoms with E-state index < -0.39 is 39.9 Å². The molecule has 0 radical (unpaired) electrons. The second-order valence-corrected chi connectivity index (χ2v) is 13.4.